The van der Waals surface area contributed by atoms with Crippen molar-refractivity contribution in [1.82, 2.24) is 19.6 Å². The van der Waals surface area contributed by atoms with Crippen molar-refractivity contribution in [3.63, 3.8) is 0 Å². The van der Waals surface area contributed by atoms with Crippen LogP contribution in [0.15, 0.2) is 66.7 Å². The number of aryl methyl sites for hydroxylation is 1. The van der Waals surface area contributed by atoms with E-state index in [9.17, 15) is 14.7 Å². The largest absolute Gasteiger partial charge is 0.493 e. The molecule has 0 fully saturated rings. The molecule has 0 radical (unpaired) electrons. The van der Waals surface area contributed by atoms with E-state index in [1.165, 1.54) is 0 Å². The average molecular weight is 639 g/mol. The molecule has 0 bridgehead atoms. The quantitative estimate of drug-likeness (QED) is 0.180. The number of carbonyl (C=O) groups is 2. The predicted octanol–water partition coefficient (Wildman–Crippen LogP) is 6.47. The Balaban J connectivity index is 1.60. The molecule has 47 heavy (non-hydrogen) atoms. The normalized spacial score (nSPS) is 14.1. The maximum Gasteiger partial charge on any atom is 0.274 e. The Morgan fingerprint density at radius 2 is 1.55 bits per heavy atom. The molecule has 0 saturated heterocycles. The first-order valence-electron chi connectivity index (χ1n) is 16.5. The molecule has 248 valence electrons. The van der Waals surface area contributed by atoms with Gasteiger partial charge in [-0.2, -0.15) is 5.10 Å². The number of hydrogen-bond donors (Lipinski definition) is 1. The fraction of sp³-hybridized carbons (Fsp3) is 0.395. The number of unbranched alkanes of at least 4 members (excludes halogenated alkanes) is 2. The highest BCUT2D eigenvalue weighted by molar-refractivity contribution is 6.00. The maximum atomic E-state index is 14.6. The van der Waals surface area contributed by atoms with Crippen LogP contribution in [0.3, 0.4) is 0 Å². The first kappa shape index (κ1) is 33.7. The van der Waals surface area contributed by atoms with Crippen molar-refractivity contribution in [3.8, 4) is 28.3 Å². The summed E-state index contributed by atoms with van der Waals surface area (Å²) >= 11 is 0. The number of amides is 2. The summed E-state index contributed by atoms with van der Waals surface area (Å²) in [4.78, 5) is 32.0. The van der Waals surface area contributed by atoms with Crippen LogP contribution in [-0.4, -0.2) is 76.5 Å². The van der Waals surface area contributed by atoms with Gasteiger partial charge in [-0.25, -0.2) is 4.68 Å². The summed E-state index contributed by atoms with van der Waals surface area (Å²) in [5, 5.41) is 15.2. The number of fused-ring (bicyclic) bond motifs is 1. The lowest BCUT2D eigenvalue weighted by molar-refractivity contribution is 0.0544. The van der Waals surface area contributed by atoms with Crippen LogP contribution in [0, 0.1) is 6.92 Å². The monoisotopic (exact) mass is 638 g/mol. The minimum Gasteiger partial charge on any atom is -0.493 e. The Kier molecular flexibility index (Phi) is 11.0. The SMILES string of the molecule is CCCCN(CCCC)C(=O)c1cc(C)n(-c2ccc(-c3ccc(OC)c(OC)c3)cc2C(=O)N2Cc3ccccc3C[C@H]2CO)n1. The number of benzene rings is 3. The van der Waals surface area contributed by atoms with Crippen molar-refractivity contribution < 1.29 is 24.2 Å². The number of methoxy groups -OCH3 is 2. The third kappa shape index (κ3) is 7.20. The highest BCUT2D eigenvalue weighted by Gasteiger charge is 2.32. The second-order valence-electron chi connectivity index (χ2n) is 12.1. The van der Waals surface area contributed by atoms with Crippen LogP contribution in [-0.2, 0) is 13.0 Å². The summed E-state index contributed by atoms with van der Waals surface area (Å²) in [6, 6.07) is 20.8. The lowest BCUT2D eigenvalue weighted by atomic mass is 9.93. The topological polar surface area (TPSA) is 97.1 Å². The van der Waals surface area contributed by atoms with Gasteiger partial charge in [0, 0.05) is 25.3 Å². The van der Waals surface area contributed by atoms with E-state index in [1.54, 1.807) is 29.9 Å². The van der Waals surface area contributed by atoms with Gasteiger partial charge >= 0.3 is 0 Å². The fourth-order valence-electron chi connectivity index (χ4n) is 6.23. The molecule has 0 saturated carbocycles. The molecule has 1 aliphatic rings. The van der Waals surface area contributed by atoms with Crippen molar-refractivity contribution >= 4 is 11.8 Å². The third-order valence-electron chi connectivity index (χ3n) is 8.96. The van der Waals surface area contributed by atoms with Gasteiger partial charge in [0.25, 0.3) is 11.8 Å². The lowest BCUT2D eigenvalue weighted by Gasteiger charge is -2.36. The van der Waals surface area contributed by atoms with Gasteiger partial charge in [0.05, 0.1) is 38.1 Å². The minimum absolute atomic E-state index is 0.100. The number of aliphatic hydroxyl groups is 1. The van der Waals surface area contributed by atoms with Crippen LogP contribution in [0.2, 0.25) is 0 Å². The second-order valence-corrected chi connectivity index (χ2v) is 12.1. The van der Waals surface area contributed by atoms with Gasteiger partial charge in [-0.3, -0.25) is 9.59 Å². The number of aliphatic hydroxyl groups excluding tert-OH is 1. The molecule has 1 N–H and O–H groups in total. The van der Waals surface area contributed by atoms with E-state index in [1.807, 2.05) is 66.4 Å². The van der Waals surface area contributed by atoms with Crippen LogP contribution < -0.4 is 9.47 Å². The zero-order chi connectivity index (χ0) is 33.5. The fourth-order valence-corrected chi connectivity index (χ4v) is 6.23. The van der Waals surface area contributed by atoms with Crippen LogP contribution >= 0.6 is 0 Å². The molecule has 9 nitrogen and oxygen atoms in total. The first-order chi connectivity index (χ1) is 22.8. The molecular weight excluding hydrogens is 592 g/mol. The smallest absolute Gasteiger partial charge is 0.274 e. The third-order valence-corrected chi connectivity index (χ3v) is 8.96. The summed E-state index contributed by atoms with van der Waals surface area (Å²) in [6.45, 7) is 7.73. The van der Waals surface area contributed by atoms with Gasteiger partial charge in [0.2, 0.25) is 0 Å². The number of carbonyl (C=O) groups excluding carboxylic acids is 2. The Labute approximate surface area is 277 Å². The molecule has 5 rings (SSSR count). The van der Waals surface area contributed by atoms with Gasteiger partial charge in [-0.1, -0.05) is 63.1 Å². The average Bonchev–Trinajstić information content (AvgIpc) is 3.50. The molecule has 2 amide bonds. The van der Waals surface area contributed by atoms with Crippen LogP contribution in [0.4, 0.5) is 0 Å². The zero-order valence-electron chi connectivity index (χ0n) is 28.2. The molecule has 0 unspecified atom stereocenters. The number of hydrogen-bond acceptors (Lipinski definition) is 6. The van der Waals surface area contributed by atoms with Gasteiger partial charge < -0.3 is 24.4 Å². The highest BCUT2D eigenvalue weighted by Crippen LogP contribution is 2.35. The number of aromatic nitrogens is 2. The molecule has 0 spiro atoms. The van der Waals surface area contributed by atoms with E-state index < -0.39 is 0 Å². The van der Waals surface area contributed by atoms with Gasteiger partial charge in [-0.15, -0.1) is 0 Å². The van der Waals surface area contributed by atoms with Crippen LogP contribution in [0.5, 0.6) is 11.5 Å². The molecule has 3 aromatic carbocycles. The van der Waals surface area contributed by atoms with E-state index in [2.05, 4.69) is 19.9 Å². The summed E-state index contributed by atoms with van der Waals surface area (Å²) in [6.07, 6.45) is 4.41. The van der Waals surface area contributed by atoms with Crippen LogP contribution in [0.1, 0.15) is 77.2 Å². The number of ether oxygens (including phenoxy) is 2. The van der Waals surface area contributed by atoms with E-state index in [4.69, 9.17) is 14.6 Å². The van der Waals surface area contributed by atoms with Gasteiger partial charge in [-0.05, 0) is 78.8 Å². The Hall–Kier alpha value is -4.63. The second kappa shape index (κ2) is 15.3. The molecule has 2 heterocycles. The summed E-state index contributed by atoms with van der Waals surface area (Å²) in [7, 11) is 3.18. The lowest BCUT2D eigenvalue weighted by Crippen LogP contribution is -2.46. The van der Waals surface area contributed by atoms with Crippen LogP contribution in [0.25, 0.3) is 16.8 Å². The Bertz CT molecular complexity index is 1710. The maximum absolute atomic E-state index is 14.6. The van der Waals surface area contributed by atoms with E-state index >= 15 is 0 Å². The van der Waals surface area contributed by atoms with Crippen molar-refractivity contribution in [2.24, 2.45) is 0 Å². The van der Waals surface area contributed by atoms with Crippen molar-refractivity contribution in [3.05, 3.63) is 94.8 Å². The molecule has 9 heteroatoms. The van der Waals surface area contributed by atoms with E-state index in [0.29, 0.717) is 54.5 Å². The highest BCUT2D eigenvalue weighted by atomic mass is 16.5. The molecule has 1 aromatic heterocycles. The number of rotatable bonds is 13. The summed E-state index contributed by atoms with van der Waals surface area (Å²) in [5.41, 5.74) is 5.95. The van der Waals surface area contributed by atoms with E-state index in [-0.39, 0.29) is 24.5 Å². The molecule has 1 atom stereocenters. The number of nitrogens with zero attached hydrogens (tertiary/aromatic N) is 4. The Morgan fingerprint density at radius 3 is 2.21 bits per heavy atom. The molecule has 4 aromatic rings. The first-order valence-corrected chi connectivity index (χ1v) is 16.5. The predicted molar refractivity (Wildman–Crippen MR) is 183 cm³/mol. The zero-order valence-corrected chi connectivity index (χ0v) is 28.2. The standard InChI is InChI=1S/C38H46N4O5/c1-6-8-18-40(19-9-7-2)38(45)33-20-26(3)42(39-33)34-16-14-28(29-15-17-35(46-4)36(23-29)47-5)22-32(34)37(44)41-24-30-13-11-10-12-27(30)21-31(41)25-43/h10-17,20,22-23,31,43H,6-9,18-19,21,24-25H2,1-5H3/t31-/m0/s1. The van der Waals surface area contributed by atoms with Gasteiger partial charge in [0.1, 0.15) is 0 Å². The van der Waals surface area contributed by atoms with Crippen molar-refractivity contribution in [2.45, 2.75) is 65.5 Å². The van der Waals surface area contributed by atoms with Gasteiger partial charge in [0.15, 0.2) is 17.2 Å². The van der Waals surface area contributed by atoms with Crippen molar-refractivity contribution in [1.29, 1.82) is 0 Å². The summed E-state index contributed by atoms with van der Waals surface area (Å²) in [5.74, 6) is 0.873. The minimum atomic E-state index is -0.378. The molecular formula is C38H46N4O5. The molecule has 0 aliphatic carbocycles. The summed E-state index contributed by atoms with van der Waals surface area (Å²) < 4.78 is 12.7. The van der Waals surface area contributed by atoms with Crippen molar-refractivity contribution in [2.75, 3.05) is 33.9 Å². The van der Waals surface area contributed by atoms with E-state index in [0.717, 1.165) is 53.6 Å². The Morgan fingerprint density at radius 1 is 0.894 bits per heavy atom. The molecule has 1 aliphatic heterocycles.